The smallest absolute Gasteiger partial charge is 0.00745 e. The monoisotopic (exact) mass is 192 g/mol. The average Bonchev–Trinajstić information content (AvgIpc) is 2.16. The summed E-state index contributed by atoms with van der Waals surface area (Å²) in [6.07, 6.45) is 4.15. The average molecular weight is 192 g/mol. The van der Waals surface area contributed by atoms with Gasteiger partial charge in [0.05, 0.1) is 0 Å². The molecule has 13 heavy (non-hydrogen) atoms. The van der Waals surface area contributed by atoms with Gasteiger partial charge < -0.3 is 0 Å². The molecule has 0 atom stereocenters. The van der Waals surface area contributed by atoms with E-state index in [0.29, 0.717) is 0 Å². The molecule has 0 aromatic heterocycles. The summed E-state index contributed by atoms with van der Waals surface area (Å²) in [6, 6.07) is 8.77. The van der Waals surface area contributed by atoms with E-state index in [1.165, 1.54) is 10.5 Å². The van der Waals surface area contributed by atoms with E-state index in [0.717, 1.165) is 18.6 Å². The minimum absolute atomic E-state index is 1.07. The van der Waals surface area contributed by atoms with Crippen molar-refractivity contribution in [1.82, 2.24) is 0 Å². The van der Waals surface area contributed by atoms with Crippen molar-refractivity contribution >= 4 is 11.8 Å². The Hall–Kier alpha value is -0.690. The molecule has 1 aromatic carbocycles. The Morgan fingerprint density at radius 2 is 2.31 bits per heavy atom. The van der Waals surface area contributed by atoms with Crippen molar-refractivity contribution in [3.63, 3.8) is 0 Å². The van der Waals surface area contributed by atoms with E-state index in [1.807, 2.05) is 17.8 Å². The Morgan fingerprint density at radius 1 is 1.46 bits per heavy atom. The summed E-state index contributed by atoms with van der Waals surface area (Å²) in [5.41, 5.74) is 1.42. The van der Waals surface area contributed by atoms with E-state index in [4.69, 9.17) is 0 Å². The van der Waals surface area contributed by atoms with E-state index < -0.39 is 0 Å². The lowest BCUT2D eigenvalue weighted by Gasteiger charge is -2.02. The first-order valence-corrected chi connectivity index (χ1v) is 5.68. The lowest BCUT2D eigenvalue weighted by Crippen LogP contribution is -1.83. The number of rotatable bonds is 5. The predicted molar refractivity (Wildman–Crippen MR) is 61.4 cm³/mol. The van der Waals surface area contributed by atoms with Crippen LogP contribution in [0.4, 0.5) is 0 Å². The molecule has 0 nitrogen and oxygen atoms in total. The number of hydrogen-bond donors (Lipinski definition) is 0. The highest BCUT2D eigenvalue weighted by atomic mass is 32.2. The molecule has 0 aliphatic rings. The standard InChI is InChI=1S/C12H16S/c1-3-5-7-11-8-6-9-12(10-11)13-4-2/h3,6,8-10H,1,4-5,7H2,2H3. The minimum Gasteiger partial charge on any atom is -0.126 e. The molecule has 0 N–H and O–H groups in total. The van der Waals surface area contributed by atoms with Crippen LogP contribution in [0.15, 0.2) is 41.8 Å². The Bertz CT molecular complexity index is 266. The van der Waals surface area contributed by atoms with Gasteiger partial charge in [-0.25, -0.2) is 0 Å². The second-order valence-electron chi connectivity index (χ2n) is 2.91. The molecule has 1 rings (SSSR count). The number of aryl methyl sites for hydroxylation is 1. The maximum Gasteiger partial charge on any atom is 0.00745 e. The van der Waals surface area contributed by atoms with Crippen LogP contribution in [0.2, 0.25) is 0 Å². The first-order valence-electron chi connectivity index (χ1n) is 4.69. The molecule has 0 fully saturated rings. The molecule has 0 bridgehead atoms. The van der Waals surface area contributed by atoms with Gasteiger partial charge in [0.25, 0.3) is 0 Å². The van der Waals surface area contributed by atoms with Crippen molar-refractivity contribution in [1.29, 1.82) is 0 Å². The van der Waals surface area contributed by atoms with E-state index in [-0.39, 0.29) is 0 Å². The fourth-order valence-electron chi connectivity index (χ4n) is 1.23. The fourth-order valence-corrected chi connectivity index (χ4v) is 1.97. The van der Waals surface area contributed by atoms with E-state index in [9.17, 15) is 0 Å². The Labute approximate surface area is 85.1 Å². The van der Waals surface area contributed by atoms with Crippen LogP contribution in [-0.4, -0.2) is 5.75 Å². The molecule has 70 valence electrons. The number of allylic oxidation sites excluding steroid dienone is 1. The highest BCUT2D eigenvalue weighted by molar-refractivity contribution is 7.99. The van der Waals surface area contributed by atoms with Crippen LogP contribution in [0.25, 0.3) is 0 Å². The van der Waals surface area contributed by atoms with Gasteiger partial charge in [-0.15, -0.1) is 18.3 Å². The van der Waals surface area contributed by atoms with E-state index in [1.54, 1.807) is 0 Å². The summed E-state index contributed by atoms with van der Waals surface area (Å²) < 4.78 is 0. The van der Waals surface area contributed by atoms with Crippen LogP contribution in [0.3, 0.4) is 0 Å². The molecule has 0 aliphatic carbocycles. The Balaban J connectivity index is 2.61. The van der Waals surface area contributed by atoms with Crippen LogP contribution in [0.1, 0.15) is 18.9 Å². The molecule has 0 amide bonds. The molecular weight excluding hydrogens is 176 g/mol. The third-order valence-electron chi connectivity index (χ3n) is 1.85. The molecule has 0 radical (unpaired) electrons. The molecule has 0 saturated carbocycles. The lowest BCUT2D eigenvalue weighted by atomic mass is 10.1. The van der Waals surface area contributed by atoms with Crippen LogP contribution in [0, 0.1) is 0 Å². The summed E-state index contributed by atoms with van der Waals surface area (Å²) in [7, 11) is 0. The first kappa shape index (κ1) is 10.4. The largest absolute Gasteiger partial charge is 0.126 e. The van der Waals surface area contributed by atoms with Crippen molar-refractivity contribution in [3.05, 3.63) is 42.5 Å². The zero-order valence-electron chi connectivity index (χ0n) is 8.12. The summed E-state index contributed by atoms with van der Waals surface area (Å²) in [6.45, 7) is 5.91. The Kier molecular flexibility index (Phi) is 4.69. The normalized spacial score (nSPS) is 9.92. The van der Waals surface area contributed by atoms with Gasteiger partial charge >= 0.3 is 0 Å². The SMILES string of the molecule is C=CCCc1cccc(SCC)c1. The Morgan fingerprint density at radius 3 is 3.00 bits per heavy atom. The molecule has 1 aromatic rings. The molecule has 0 unspecified atom stereocenters. The molecule has 1 heteroatoms. The molecule has 0 heterocycles. The highest BCUT2D eigenvalue weighted by Crippen LogP contribution is 2.19. The minimum atomic E-state index is 1.07. The maximum atomic E-state index is 3.73. The lowest BCUT2D eigenvalue weighted by molar-refractivity contribution is 0.997. The first-order chi connectivity index (χ1) is 6.36. The number of hydrogen-bond acceptors (Lipinski definition) is 1. The van der Waals surface area contributed by atoms with Gasteiger partial charge in [0.1, 0.15) is 0 Å². The van der Waals surface area contributed by atoms with Gasteiger partial charge in [0.2, 0.25) is 0 Å². The van der Waals surface area contributed by atoms with Gasteiger partial charge in [-0.05, 0) is 36.3 Å². The van der Waals surface area contributed by atoms with E-state index in [2.05, 4.69) is 37.8 Å². The number of benzene rings is 1. The zero-order chi connectivity index (χ0) is 9.52. The molecular formula is C12H16S. The summed E-state index contributed by atoms with van der Waals surface area (Å²) in [5.74, 6) is 1.14. The zero-order valence-corrected chi connectivity index (χ0v) is 8.94. The number of thioether (sulfide) groups is 1. The van der Waals surface area contributed by atoms with Crippen molar-refractivity contribution < 1.29 is 0 Å². The predicted octanol–water partition coefficient (Wildman–Crippen LogP) is 3.92. The van der Waals surface area contributed by atoms with Crippen molar-refractivity contribution in [2.75, 3.05) is 5.75 Å². The molecule has 0 aliphatic heterocycles. The van der Waals surface area contributed by atoms with Crippen molar-refractivity contribution in [3.8, 4) is 0 Å². The van der Waals surface area contributed by atoms with Crippen LogP contribution in [0.5, 0.6) is 0 Å². The van der Waals surface area contributed by atoms with Gasteiger partial charge in [-0.1, -0.05) is 25.1 Å². The van der Waals surface area contributed by atoms with Gasteiger partial charge in [-0.2, -0.15) is 0 Å². The van der Waals surface area contributed by atoms with Gasteiger partial charge in [-0.3, -0.25) is 0 Å². The third kappa shape index (κ3) is 3.69. The van der Waals surface area contributed by atoms with Gasteiger partial charge in [0, 0.05) is 4.90 Å². The fraction of sp³-hybridized carbons (Fsp3) is 0.333. The highest BCUT2D eigenvalue weighted by Gasteiger charge is 1.94. The molecule has 0 saturated heterocycles. The van der Waals surface area contributed by atoms with Crippen LogP contribution < -0.4 is 0 Å². The quantitative estimate of drug-likeness (QED) is 0.503. The third-order valence-corrected chi connectivity index (χ3v) is 2.72. The van der Waals surface area contributed by atoms with Crippen LogP contribution >= 0.6 is 11.8 Å². The van der Waals surface area contributed by atoms with Gasteiger partial charge in [0.15, 0.2) is 0 Å². The van der Waals surface area contributed by atoms with Crippen LogP contribution in [-0.2, 0) is 6.42 Å². The summed E-state index contributed by atoms with van der Waals surface area (Å²) in [4.78, 5) is 1.38. The second-order valence-corrected chi connectivity index (χ2v) is 4.25. The topological polar surface area (TPSA) is 0 Å². The summed E-state index contributed by atoms with van der Waals surface area (Å²) in [5, 5.41) is 0. The molecule has 0 spiro atoms. The maximum absolute atomic E-state index is 3.73. The second kappa shape index (κ2) is 5.87. The summed E-state index contributed by atoms with van der Waals surface area (Å²) >= 11 is 1.90. The van der Waals surface area contributed by atoms with Crippen molar-refractivity contribution in [2.45, 2.75) is 24.7 Å². The van der Waals surface area contributed by atoms with Crippen molar-refractivity contribution in [2.24, 2.45) is 0 Å². The van der Waals surface area contributed by atoms with E-state index >= 15 is 0 Å².